The van der Waals surface area contributed by atoms with Crippen LogP contribution in [0.4, 0.5) is 0 Å². The molecule has 0 spiro atoms. The highest BCUT2D eigenvalue weighted by atomic mass is 32.2. The SMILES string of the molecule is COCCN(C)Cc1cnc(S(=O)(=O)CC2CC2)n1C[C@@H]1CCCO1. The van der Waals surface area contributed by atoms with Gasteiger partial charge in [-0.25, -0.2) is 13.4 Å². The molecule has 1 saturated carbocycles. The molecule has 3 rings (SSSR count). The summed E-state index contributed by atoms with van der Waals surface area (Å²) in [4.78, 5) is 6.42. The maximum absolute atomic E-state index is 12.8. The first kappa shape index (κ1) is 18.8. The zero-order valence-corrected chi connectivity index (χ0v) is 16.0. The number of hydrogen-bond donors (Lipinski definition) is 0. The van der Waals surface area contributed by atoms with Crippen molar-refractivity contribution in [1.29, 1.82) is 0 Å². The van der Waals surface area contributed by atoms with Crippen molar-refractivity contribution in [3.63, 3.8) is 0 Å². The lowest BCUT2D eigenvalue weighted by atomic mass is 10.2. The van der Waals surface area contributed by atoms with Gasteiger partial charge in [0.2, 0.25) is 15.0 Å². The maximum Gasteiger partial charge on any atom is 0.227 e. The monoisotopic (exact) mass is 371 g/mol. The van der Waals surface area contributed by atoms with Crippen molar-refractivity contribution in [2.75, 3.05) is 39.7 Å². The lowest BCUT2D eigenvalue weighted by Gasteiger charge is -2.20. The Morgan fingerprint density at radius 1 is 1.40 bits per heavy atom. The molecule has 0 amide bonds. The van der Waals surface area contributed by atoms with E-state index in [4.69, 9.17) is 9.47 Å². The minimum atomic E-state index is -3.35. The third-order valence-electron chi connectivity index (χ3n) is 4.85. The highest BCUT2D eigenvalue weighted by molar-refractivity contribution is 7.91. The predicted molar refractivity (Wildman–Crippen MR) is 94.2 cm³/mol. The Kier molecular flexibility index (Phi) is 6.14. The van der Waals surface area contributed by atoms with Crippen LogP contribution in [0.2, 0.25) is 0 Å². The van der Waals surface area contributed by atoms with Gasteiger partial charge in [0.25, 0.3) is 0 Å². The number of methoxy groups -OCH3 is 1. The van der Waals surface area contributed by atoms with E-state index in [-0.39, 0.29) is 17.0 Å². The molecule has 0 N–H and O–H groups in total. The molecular formula is C17H29N3O4S. The molecule has 1 atom stereocenters. The lowest BCUT2D eigenvalue weighted by Crippen LogP contribution is -2.27. The van der Waals surface area contributed by atoms with E-state index >= 15 is 0 Å². The minimum absolute atomic E-state index is 0.0760. The second kappa shape index (κ2) is 8.16. The standard InChI is InChI=1S/C17H29N3O4S/c1-19(7-9-23-2)11-15-10-18-17(25(21,22)13-14-5-6-14)20(15)12-16-4-3-8-24-16/h10,14,16H,3-9,11-13H2,1-2H3/t16-/m0/s1. The van der Waals surface area contributed by atoms with E-state index in [1.54, 1.807) is 13.3 Å². The second-order valence-electron chi connectivity index (χ2n) is 7.23. The van der Waals surface area contributed by atoms with E-state index in [0.717, 1.165) is 44.5 Å². The second-order valence-corrected chi connectivity index (χ2v) is 9.16. The van der Waals surface area contributed by atoms with E-state index in [0.29, 0.717) is 25.6 Å². The fourth-order valence-electron chi connectivity index (χ4n) is 3.23. The van der Waals surface area contributed by atoms with Crippen molar-refractivity contribution in [3.05, 3.63) is 11.9 Å². The van der Waals surface area contributed by atoms with Crippen LogP contribution in [0.15, 0.2) is 11.4 Å². The molecule has 7 nitrogen and oxygen atoms in total. The summed E-state index contributed by atoms with van der Waals surface area (Å²) in [6.45, 7) is 3.39. The molecule has 0 unspecified atom stereocenters. The number of imidazole rings is 1. The van der Waals surface area contributed by atoms with E-state index in [1.165, 1.54) is 0 Å². The average Bonchev–Trinajstić information content (AvgIpc) is 3.06. The van der Waals surface area contributed by atoms with Gasteiger partial charge in [-0.05, 0) is 38.6 Å². The Labute approximate surface area is 150 Å². The van der Waals surface area contributed by atoms with Gasteiger partial charge in [-0.2, -0.15) is 0 Å². The zero-order valence-electron chi connectivity index (χ0n) is 15.2. The van der Waals surface area contributed by atoms with E-state index < -0.39 is 9.84 Å². The summed E-state index contributed by atoms with van der Waals surface area (Å²) < 4.78 is 38.3. The first-order valence-electron chi connectivity index (χ1n) is 9.06. The van der Waals surface area contributed by atoms with Gasteiger partial charge < -0.3 is 14.0 Å². The molecule has 1 aromatic rings. The van der Waals surface area contributed by atoms with Gasteiger partial charge in [-0.15, -0.1) is 0 Å². The first-order chi connectivity index (χ1) is 12.0. The van der Waals surface area contributed by atoms with Crippen LogP contribution in [-0.4, -0.2) is 68.6 Å². The van der Waals surface area contributed by atoms with Crippen LogP contribution < -0.4 is 0 Å². The smallest absolute Gasteiger partial charge is 0.227 e. The van der Waals surface area contributed by atoms with Crippen molar-refractivity contribution in [2.24, 2.45) is 5.92 Å². The van der Waals surface area contributed by atoms with Crippen LogP contribution in [0, 0.1) is 5.92 Å². The summed E-state index contributed by atoms with van der Waals surface area (Å²) in [6, 6.07) is 0. The highest BCUT2D eigenvalue weighted by Gasteiger charge is 2.33. The van der Waals surface area contributed by atoms with E-state index in [1.807, 2.05) is 11.6 Å². The van der Waals surface area contributed by atoms with Gasteiger partial charge in [0.05, 0.1) is 36.9 Å². The number of aromatic nitrogens is 2. The molecule has 25 heavy (non-hydrogen) atoms. The van der Waals surface area contributed by atoms with Crippen molar-refractivity contribution >= 4 is 9.84 Å². The number of rotatable bonds is 10. The summed E-state index contributed by atoms with van der Waals surface area (Å²) >= 11 is 0. The van der Waals surface area contributed by atoms with Gasteiger partial charge in [-0.3, -0.25) is 4.90 Å². The largest absolute Gasteiger partial charge is 0.383 e. The molecule has 0 aromatic carbocycles. The number of ether oxygens (including phenoxy) is 2. The molecule has 1 aliphatic heterocycles. The van der Waals surface area contributed by atoms with Crippen molar-refractivity contribution in [1.82, 2.24) is 14.5 Å². The van der Waals surface area contributed by atoms with Gasteiger partial charge in [0, 0.05) is 26.8 Å². The van der Waals surface area contributed by atoms with Crippen LogP contribution >= 0.6 is 0 Å². The summed E-state index contributed by atoms with van der Waals surface area (Å²) in [7, 11) is 0.331. The number of likely N-dealkylation sites (N-methyl/N-ethyl adjacent to an activating group) is 1. The summed E-state index contributed by atoms with van der Waals surface area (Å²) in [6.07, 6.45) is 5.81. The fraction of sp³-hybridized carbons (Fsp3) is 0.824. The topological polar surface area (TPSA) is 73.7 Å². The molecule has 0 bridgehead atoms. The number of hydrogen-bond acceptors (Lipinski definition) is 6. The third-order valence-corrected chi connectivity index (χ3v) is 6.64. The van der Waals surface area contributed by atoms with E-state index in [2.05, 4.69) is 9.88 Å². The molecule has 1 aromatic heterocycles. The molecule has 1 aliphatic carbocycles. The average molecular weight is 372 g/mol. The van der Waals surface area contributed by atoms with Crippen molar-refractivity contribution < 1.29 is 17.9 Å². The van der Waals surface area contributed by atoms with Gasteiger partial charge in [0.1, 0.15) is 0 Å². The highest BCUT2D eigenvalue weighted by Crippen LogP contribution is 2.32. The molecular weight excluding hydrogens is 342 g/mol. The van der Waals surface area contributed by atoms with Crippen LogP contribution in [0.1, 0.15) is 31.4 Å². The lowest BCUT2D eigenvalue weighted by molar-refractivity contribution is 0.0930. The number of sulfone groups is 1. The Bertz CT molecular complexity index is 663. The van der Waals surface area contributed by atoms with Crippen LogP contribution in [-0.2, 0) is 32.4 Å². The maximum atomic E-state index is 12.8. The summed E-state index contributed by atoms with van der Waals surface area (Å²) in [5.74, 6) is 0.528. The Balaban J connectivity index is 1.80. The van der Waals surface area contributed by atoms with Gasteiger partial charge in [0.15, 0.2) is 0 Å². The van der Waals surface area contributed by atoms with Crippen LogP contribution in [0.5, 0.6) is 0 Å². The van der Waals surface area contributed by atoms with Crippen LogP contribution in [0.3, 0.4) is 0 Å². The molecule has 0 radical (unpaired) electrons. The minimum Gasteiger partial charge on any atom is -0.383 e. The quantitative estimate of drug-likeness (QED) is 0.618. The molecule has 2 fully saturated rings. The normalized spacial score (nSPS) is 21.3. The molecule has 142 valence electrons. The Hall–Kier alpha value is -0.960. The zero-order chi connectivity index (χ0) is 17.9. The van der Waals surface area contributed by atoms with E-state index in [9.17, 15) is 8.42 Å². The number of nitrogens with zero attached hydrogens (tertiary/aromatic N) is 3. The van der Waals surface area contributed by atoms with Gasteiger partial charge in [-0.1, -0.05) is 0 Å². The summed E-state index contributed by atoms with van der Waals surface area (Å²) in [5, 5.41) is 0.213. The van der Waals surface area contributed by atoms with Crippen molar-refractivity contribution in [3.8, 4) is 0 Å². The fourth-order valence-corrected chi connectivity index (χ4v) is 5.07. The van der Waals surface area contributed by atoms with Gasteiger partial charge >= 0.3 is 0 Å². The first-order valence-corrected chi connectivity index (χ1v) is 10.7. The molecule has 1 saturated heterocycles. The summed E-state index contributed by atoms with van der Waals surface area (Å²) in [5.41, 5.74) is 0.920. The Morgan fingerprint density at radius 3 is 2.84 bits per heavy atom. The third kappa shape index (κ3) is 5.03. The molecule has 8 heteroatoms. The van der Waals surface area contributed by atoms with Crippen molar-refractivity contribution in [2.45, 2.75) is 50.0 Å². The predicted octanol–water partition coefficient (Wildman–Crippen LogP) is 1.32. The molecule has 2 aliphatic rings. The Morgan fingerprint density at radius 2 is 2.20 bits per heavy atom. The van der Waals surface area contributed by atoms with Crippen LogP contribution in [0.25, 0.3) is 0 Å². The molecule has 2 heterocycles.